The van der Waals surface area contributed by atoms with E-state index < -0.39 is 5.91 Å². The topological polar surface area (TPSA) is 77.1 Å². The van der Waals surface area contributed by atoms with Crippen molar-refractivity contribution < 1.29 is 4.79 Å². The van der Waals surface area contributed by atoms with Gasteiger partial charge >= 0.3 is 0 Å². The van der Waals surface area contributed by atoms with Crippen LogP contribution in [-0.2, 0) is 0 Å². The Hall–Kier alpha value is -1.62. The molecule has 5 heteroatoms. The lowest BCUT2D eigenvalue weighted by atomic mass is 10.2. The average Bonchev–Trinajstić information content (AvgIpc) is 3.01. The molecule has 2 rings (SSSR count). The fourth-order valence-electron chi connectivity index (χ4n) is 1.68. The molecule has 0 bridgehead atoms. The number of aromatic nitrogens is 1. The number of pyridine rings is 1. The van der Waals surface area contributed by atoms with E-state index in [0.29, 0.717) is 0 Å². The molecular formula is C10H13N3O2. The Kier molecular flexibility index (Phi) is 2.32. The van der Waals surface area contributed by atoms with Crippen molar-refractivity contribution in [3.8, 4) is 0 Å². The summed E-state index contributed by atoms with van der Waals surface area (Å²) in [7, 11) is 0. The number of nitrogens with two attached hydrogens (primary N) is 1. The zero-order valence-electron chi connectivity index (χ0n) is 8.49. The van der Waals surface area contributed by atoms with Crippen LogP contribution in [0.3, 0.4) is 0 Å². The maximum atomic E-state index is 11.9. The first kappa shape index (κ1) is 9.92. The summed E-state index contributed by atoms with van der Waals surface area (Å²) >= 11 is 0. The highest BCUT2D eigenvalue weighted by Gasteiger charge is 2.27. The monoisotopic (exact) mass is 207 g/mol. The van der Waals surface area contributed by atoms with Gasteiger partial charge in [0.25, 0.3) is 11.5 Å². The summed E-state index contributed by atoms with van der Waals surface area (Å²) in [5.41, 5.74) is 2.72. The molecule has 0 unspecified atom stereocenters. The first-order valence-electron chi connectivity index (χ1n) is 4.88. The predicted molar refractivity (Wildman–Crippen MR) is 55.4 cm³/mol. The molecular weight excluding hydrogens is 194 g/mol. The van der Waals surface area contributed by atoms with Crippen LogP contribution in [-0.4, -0.2) is 10.5 Å². The largest absolute Gasteiger partial charge is 0.309 e. The minimum absolute atomic E-state index is 0.106. The minimum Gasteiger partial charge on any atom is -0.309 e. The van der Waals surface area contributed by atoms with Crippen LogP contribution in [0.4, 0.5) is 0 Å². The summed E-state index contributed by atoms with van der Waals surface area (Å²) in [6.45, 7) is 1.86. The van der Waals surface area contributed by atoms with E-state index in [1.807, 2.05) is 12.3 Å². The molecule has 5 nitrogen and oxygen atoms in total. The van der Waals surface area contributed by atoms with Gasteiger partial charge in [-0.25, -0.2) is 5.84 Å². The van der Waals surface area contributed by atoms with Crippen molar-refractivity contribution in [3.05, 3.63) is 33.7 Å². The van der Waals surface area contributed by atoms with Crippen LogP contribution in [0, 0.1) is 6.92 Å². The number of hydrogen-bond donors (Lipinski definition) is 2. The molecule has 1 saturated carbocycles. The van der Waals surface area contributed by atoms with Crippen molar-refractivity contribution in [1.82, 2.24) is 9.99 Å². The van der Waals surface area contributed by atoms with Crippen LogP contribution in [0.2, 0.25) is 0 Å². The molecule has 0 atom stereocenters. The highest BCUT2D eigenvalue weighted by atomic mass is 16.2. The highest BCUT2D eigenvalue weighted by Crippen LogP contribution is 2.34. The molecule has 1 heterocycles. The molecule has 0 aromatic carbocycles. The number of nitrogen functional groups attached to an aromatic ring is 1. The van der Waals surface area contributed by atoms with E-state index in [1.165, 1.54) is 6.07 Å². The van der Waals surface area contributed by atoms with Gasteiger partial charge in [0.1, 0.15) is 5.56 Å². The Balaban J connectivity index is 2.55. The van der Waals surface area contributed by atoms with Gasteiger partial charge in [-0.15, -0.1) is 0 Å². The standard InChI is InChI=1S/C10H13N3O2/c1-6-2-5-8(9(14)12-11)10(15)13(6)7-3-4-7/h2,5,7H,3-4,11H2,1H3,(H,12,14). The lowest BCUT2D eigenvalue weighted by Gasteiger charge is -2.09. The summed E-state index contributed by atoms with van der Waals surface area (Å²) in [6, 6.07) is 3.55. The Morgan fingerprint density at radius 3 is 2.73 bits per heavy atom. The third-order valence-electron chi connectivity index (χ3n) is 2.61. The second kappa shape index (κ2) is 3.51. The maximum absolute atomic E-state index is 11.9. The maximum Gasteiger partial charge on any atom is 0.270 e. The normalized spacial score (nSPS) is 15.1. The van der Waals surface area contributed by atoms with Gasteiger partial charge in [-0.05, 0) is 31.9 Å². The van der Waals surface area contributed by atoms with Gasteiger partial charge in [-0.1, -0.05) is 0 Å². The number of carbonyl (C=O) groups is 1. The molecule has 3 N–H and O–H groups in total. The third kappa shape index (κ3) is 1.66. The Morgan fingerprint density at radius 1 is 1.53 bits per heavy atom. The molecule has 0 aliphatic heterocycles. The molecule has 0 spiro atoms. The molecule has 1 aliphatic carbocycles. The van der Waals surface area contributed by atoms with Crippen molar-refractivity contribution in [2.45, 2.75) is 25.8 Å². The first-order valence-corrected chi connectivity index (χ1v) is 4.88. The van der Waals surface area contributed by atoms with Gasteiger partial charge in [0.2, 0.25) is 0 Å². The van der Waals surface area contributed by atoms with Gasteiger partial charge in [0, 0.05) is 11.7 Å². The van der Waals surface area contributed by atoms with Crippen molar-refractivity contribution >= 4 is 5.91 Å². The van der Waals surface area contributed by atoms with E-state index in [-0.39, 0.29) is 17.2 Å². The molecule has 0 saturated heterocycles. The molecule has 1 aliphatic rings. The second-order valence-electron chi connectivity index (χ2n) is 3.77. The first-order chi connectivity index (χ1) is 7.15. The van der Waals surface area contributed by atoms with Crippen molar-refractivity contribution in [1.29, 1.82) is 0 Å². The van der Waals surface area contributed by atoms with Gasteiger partial charge in [-0.3, -0.25) is 15.0 Å². The van der Waals surface area contributed by atoms with Gasteiger partial charge in [0.15, 0.2) is 0 Å². The van der Waals surface area contributed by atoms with Gasteiger partial charge in [-0.2, -0.15) is 0 Å². The number of rotatable bonds is 2. The molecule has 1 amide bonds. The van der Waals surface area contributed by atoms with Crippen LogP contribution in [0.15, 0.2) is 16.9 Å². The van der Waals surface area contributed by atoms with Crippen LogP contribution in [0.25, 0.3) is 0 Å². The average molecular weight is 207 g/mol. The SMILES string of the molecule is Cc1ccc(C(=O)NN)c(=O)n1C1CC1. The lowest BCUT2D eigenvalue weighted by molar-refractivity contribution is 0.0951. The fraction of sp³-hybridized carbons (Fsp3) is 0.400. The molecule has 1 aromatic heterocycles. The quantitative estimate of drug-likeness (QED) is 0.410. The third-order valence-corrected chi connectivity index (χ3v) is 2.61. The number of hydrazine groups is 1. The molecule has 0 radical (unpaired) electrons. The predicted octanol–water partition coefficient (Wildman–Crippen LogP) is 0.0951. The summed E-state index contributed by atoms with van der Waals surface area (Å²) in [6.07, 6.45) is 2.02. The Labute approximate surface area is 86.9 Å². The van der Waals surface area contributed by atoms with E-state index in [1.54, 1.807) is 10.6 Å². The summed E-state index contributed by atoms with van der Waals surface area (Å²) in [4.78, 5) is 23.2. The number of aryl methyl sites for hydroxylation is 1. The molecule has 1 fully saturated rings. The number of nitrogens with zero attached hydrogens (tertiary/aromatic N) is 1. The van der Waals surface area contributed by atoms with E-state index in [4.69, 9.17) is 5.84 Å². The van der Waals surface area contributed by atoms with Gasteiger partial charge in [0.05, 0.1) is 0 Å². The van der Waals surface area contributed by atoms with Crippen LogP contribution in [0.1, 0.15) is 34.9 Å². The number of hydrogen-bond acceptors (Lipinski definition) is 3. The number of carbonyl (C=O) groups excluding carboxylic acids is 1. The van der Waals surface area contributed by atoms with E-state index in [0.717, 1.165) is 18.5 Å². The fourth-order valence-corrected chi connectivity index (χ4v) is 1.68. The molecule has 15 heavy (non-hydrogen) atoms. The zero-order chi connectivity index (χ0) is 11.0. The molecule has 1 aromatic rings. The summed E-state index contributed by atoms with van der Waals surface area (Å²) in [5.74, 6) is 4.47. The van der Waals surface area contributed by atoms with Crippen molar-refractivity contribution in [3.63, 3.8) is 0 Å². The Bertz CT molecular complexity index is 460. The second-order valence-corrected chi connectivity index (χ2v) is 3.77. The summed E-state index contributed by atoms with van der Waals surface area (Å²) in [5, 5.41) is 0. The van der Waals surface area contributed by atoms with Crippen molar-refractivity contribution in [2.24, 2.45) is 5.84 Å². The van der Waals surface area contributed by atoms with Crippen LogP contribution in [0.5, 0.6) is 0 Å². The van der Waals surface area contributed by atoms with Crippen LogP contribution < -0.4 is 16.8 Å². The van der Waals surface area contributed by atoms with E-state index in [9.17, 15) is 9.59 Å². The van der Waals surface area contributed by atoms with Gasteiger partial charge < -0.3 is 4.57 Å². The zero-order valence-corrected chi connectivity index (χ0v) is 8.49. The Morgan fingerprint density at radius 2 is 2.20 bits per heavy atom. The minimum atomic E-state index is -0.533. The van der Waals surface area contributed by atoms with E-state index >= 15 is 0 Å². The van der Waals surface area contributed by atoms with E-state index in [2.05, 4.69) is 0 Å². The lowest BCUT2D eigenvalue weighted by Crippen LogP contribution is -2.36. The smallest absolute Gasteiger partial charge is 0.270 e. The highest BCUT2D eigenvalue weighted by molar-refractivity contribution is 5.93. The summed E-state index contributed by atoms with van der Waals surface area (Å²) < 4.78 is 1.67. The number of nitrogens with one attached hydrogen (secondary N) is 1. The number of amides is 1. The van der Waals surface area contributed by atoms with Crippen LogP contribution >= 0.6 is 0 Å². The molecule has 80 valence electrons. The van der Waals surface area contributed by atoms with Crippen molar-refractivity contribution in [2.75, 3.05) is 0 Å².